The molecule has 0 bridgehead atoms. The Morgan fingerprint density at radius 2 is 2.06 bits per heavy atom. The highest BCUT2D eigenvalue weighted by molar-refractivity contribution is 6.30. The lowest BCUT2D eigenvalue weighted by Crippen LogP contribution is -2.33. The van der Waals surface area contributed by atoms with E-state index in [1.54, 1.807) is 23.1 Å². The molecule has 1 aromatic carbocycles. The van der Waals surface area contributed by atoms with Crippen molar-refractivity contribution in [1.82, 2.24) is 4.90 Å². The van der Waals surface area contributed by atoms with E-state index in [0.29, 0.717) is 23.0 Å². The molecule has 2 nitrogen and oxygen atoms in total. The number of carbonyl (C=O) groups is 1. The maximum absolute atomic E-state index is 12.3. The molecule has 0 saturated heterocycles. The van der Waals surface area contributed by atoms with Crippen LogP contribution in [0.15, 0.2) is 18.2 Å². The third-order valence-electron chi connectivity index (χ3n) is 2.55. The van der Waals surface area contributed by atoms with Gasteiger partial charge in [-0.2, -0.15) is 0 Å². The van der Waals surface area contributed by atoms with Crippen molar-refractivity contribution in [2.75, 3.05) is 19.0 Å². The number of hydrogen-bond acceptors (Lipinski definition) is 1. The van der Waals surface area contributed by atoms with Crippen LogP contribution in [0.4, 0.5) is 0 Å². The Kier molecular flexibility index (Phi) is 5.79. The highest BCUT2D eigenvalue weighted by atomic mass is 35.5. The van der Waals surface area contributed by atoms with Gasteiger partial charge in [-0.15, -0.1) is 11.6 Å². The first-order chi connectivity index (χ1) is 8.10. The highest BCUT2D eigenvalue weighted by Gasteiger charge is 2.16. The Morgan fingerprint density at radius 3 is 2.59 bits per heavy atom. The van der Waals surface area contributed by atoms with E-state index in [1.807, 2.05) is 13.8 Å². The Balaban J connectivity index is 2.92. The summed E-state index contributed by atoms with van der Waals surface area (Å²) in [7, 11) is 0. The Bertz CT molecular complexity index is 387. The van der Waals surface area contributed by atoms with E-state index in [-0.39, 0.29) is 5.91 Å². The molecule has 0 unspecified atom stereocenters. The predicted molar refractivity (Wildman–Crippen MR) is 73.1 cm³/mol. The first kappa shape index (κ1) is 14.3. The number of carbonyl (C=O) groups excluding carboxylic acids is 1. The number of hydrogen-bond donors (Lipinski definition) is 0. The van der Waals surface area contributed by atoms with Gasteiger partial charge in [-0.05, 0) is 37.1 Å². The van der Waals surface area contributed by atoms with Crippen molar-refractivity contribution in [1.29, 1.82) is 0 Å². The Labute approximate surface area is 113 Å². The van der Waals surface area contributed by atoms with Gasteiger partial charge in [0.15, 0.2) is 0 Å². The summed E-state index contributed by atoms with van der Waals surface area (Å²) in [5.41, 5.74) is 1.60. The summed E-state index contributed by atoms with van der Waals surface area (Å²) in [6.07, 6.45) is 0.926. The van der Waals surface area contributed by atoms with Gasteiger partial charge in [0, 0.05) is 29.6 Å². The molecule has 0 N–H and O–H groups in total. The molecular weight excluding hydrogens is 257 g/mol. The number of alkyl halides is 1. The van der Waals surface area contributed by atoms with Crippen molar-refractivity contribution in [3.8, 4) is 0 Å². The van der Waals surface area contributed by atoms with E-state index in [2.05, 4.69) is 0 Å². The normalized spacial score (nSPS) is 10.4. The Hall–Kier alpha value is -0.730. The van der Waals surface area contributed by atoms with Gasteiger partial charge in [0.2, 0.25) is 0 Å². The number of amides is 1. The maximum atomic E-state index is 12.3. The molecule has 0 atom stereocenters. The van der Waals surface area contributed by atoms with E-state index in [1.165, 1.54) is 0 Å². The van der Waals surface area contributed by atoms with Gasteiger partial charge in [0.25, 0.3) is 5.91 Å². The lowest BCUT2D eigenvalue weighted by Gasteiger charge is -2.22. The van der Waals surface area contributed by atoms with E-state index < -0.39 is 0 Å². The first-order valence-electron chi connectivity index (χ1n) is 5.71. The molecule has 0 aliphatic rings. The summed E-state index contributed by atoms with van der Waals surface area (Å²) in [5.74, 6) is 0.486. The molecule has 0 aliphatic heterocycles. The van der Waals surface area contributed by atoms with Crippen LogP contribution in [-0.2, 0) is 0 Å². The van der Waals surface area contributed by atoms with E-state index in [0.717, 1.165) is 18.5 Å². The molecule has 0 aliphatic carbocycles. The third-order valence-corrected chi connectivity index (χ3v) is 2.96. The minimum atomic E-state index is 0.0293. The van der Waals surface area contributed by atoms with Crippen LogP contribution in [0.5, 0.6) is 0 Å². The van der Waals surface area contributed by atoms with Gasteiger partial charge in [-0.25, -0.2) is 0 Å². The summed E-state index contributed by atoms with van der Waals surface area (Å²) in [6, 6.07) is 5.32. The van der Waals surface area contributed by atoms with Gasteiger partial charge in [0.1, 0.15) is 0 Å². The van der Waals surface area contributed by atoms with Crippen LogP contribution >= 0.6 is 23.2 Å². The largest absolute Gasteiger partial charge is 0.337 e. The van der Waals surface area contributed by atoms with Gasteiger partial charge >= 0.3 is 0 Å². The molecule has 1 rings (SSSR count). The molecule has 0 aromatic heterocycles. The lowest BCUT2D eigenvalue weighted by molar-refractivity contribution is 0.0765. The fourth-order valence-corrected chi connectivity index (χ4v) is 2.15. The Morgan fingerprint density at radius 1 is 1.35 bits per heavy atom. The zero-order valence-electron chi connectivity index (χ0n) is 10.2. The zero-order valence-corrected chi connectivity index (χ0v) is 11.7. The van der Waals surface area contributed by atoms with E-state index in [9.17, 15) is 4.79 Å². The average Bonchev–Trinajstić information content (AvgIpc) is 2.28. The van der Waals surface area contributed by atoms with E-state index in [4.69, 9.17) is 23.2 Å². The fourth-order valence-electron chi connectivity index (χ4n) is 1.72. The third kappa shape index (κ3) is 3.90. The summed E-state index contributed by atoms with van der Waals surface area (Å²) in [4.78, 5) is 14.1. The topological polar surface area (TPSA) is 20.3 Å². The van der Waals surface area contributed by atoms with Crippen molar-refractivity contribution in [2.45, 2.75) is 20.3 Å². The highest BCUT2D eigenvalue weighted by Crippen LogP contribution is 2.17. The average molecular weight is 274 g/mol. The van der Waals surface area contributed by atoms with Crippen LogP contribution in [0.3, 0.4) is 0 Å². The molecule has 0 heterocycles. The van der Waals surface area contributed by atoms with Crippen LogP contribution in [0.25, 0.3) is 0 Å². The van der Waals surface area contributed by atoms with Crippen LogP contribution in [0, 0.1) is 6.92 Å². The summed E-state index contributed by atoms with van der Waals surface area (Å²) < 4.78 is 0. The minimum absolute atomic E-state index is 0.0293. The second-order valence-electron chi connectivity index (χ2n) is 3.94. The van der Waals surface area contributed by atoms with Crippen LogP contribution in [0.1, 0.15) is 29.3 Å². The van der Waals surface area contributed by atoms with Crippen molar-refractivity contribution in [3.05, 3.63) is 34.3 Å². The number of rotatable bonds is 5. The molecule has 17 heavy (non-hydrogen) atoms. The monoisotopic (exact) mass is 273 g/mol. The van der Waals surface area contributed by atoms with Gasteiger partial charge < -0.3 is 4.90 Å². The second-order valence-corrected chi connectivity index (χ2v) is 4.75. The molecule has 0 fully saturated rings. The van der Waals surface area contributed by atoms with Crippen LogP contribution in [0.2, 0.25) is 5.02 Å². The number of aryl methyl sites for hydroxylation is 1. The van der Waals surface area contributed by atoms with Crippen molar-refractivity contribution in [3.63, 3.8) is 0 Å². The molecule has 0 saturated carbocycles. The predicted octanol–water partition coefficient (Wildman–Crippen LogP) is 3.74. The van der Waals surface area contributed by atoms with Crippen molar-refractivity contribution >= 4 is 29.1 Å². The summed E-state index contributed by atoms with van der Waals surface area (Å²) >= 11 is 11.6. The standard InChI is InChI=1S/C13H17Cl2NO/c1-3-7-16(8-6-14)13(17)12-5-4-11(15)9-10(12)2/h4-5,9H,3,6-8H2,1-2H3. The van der Waals surface area contributed by atoms with Crippen molar-refractivity contribution < 1.29 is 4.79 Å². The minimum Gasteiger partial charge on any atom is -0.337 e. The molecule has 0 radical (unpaired) electrons. The molecule has 4 heteroatoms. The van der Waals surface area contributed by atoms with Gasteiger partial charge in [-0.1, -0.05) is 18.5 Å². The summed E-state index contributed by atoms with van der Waals surface area (Å²) in [6.45, 7) is 5.25. The lowest BCUT2D eigenvalue weighted by atomic mass is 10.1. The number of halogens is 2. The quantitative estimate of drug-likeness (QED) is 0.749. The summed E-state index contributed by atoms with van der Waals surface area (Å²) in [5, 5.41) is 0.651. The van der Waals surface area contributed by atoms with Crippen LogP contribution in [-0.4, -0.2) is 29.8 Å². The molecule has 94 valence electrons. The smallest absolute Gasteiger partial charge is 0.254 e. The van der Waals surface area contributed by atoms with Crippen molar-refractivity contribution in [2.24, 2.45) is 0 Å². The molecule has 0 spiro atoms. The molecular formula is C13H17Cl2NO. The zero-order chi connectivity index (χ0) is 12.8. The fraction of sp³-hybridized carbons (Fsp3) is 0.462. The molecule has 1 amide bonds. The maximum Gasteiger partial charge on any atom is 0.254 e. The number of nitrogens with zero attached hydrogens (tertiary/aromatic N) is 1. The van der Waals surface area contributed by atoms with Crippen LogP contribution < -0.4 is 0 Å². The number of benzene rings is 1. The molecule has 1 aromatic rings. The van der Waals surface area contributed by atoms with Gasteiger partial charge in [-0.3, -0.25) is 4.79 Å². The SMILES string of the molecule is CCCN(CCCl)C(=O)c1ccc(Cl)cc1C. The van der Waals surface area contributed by atoms with Gasteiger partial charge in [0.05, 0.1) is 0 Å². The van der Waals surface area contributed by atoms with E-state index >= 15 is 0 Å². The second kappa shape index (κ2) is 6.87. The first-order valence-corrected chi connectivity index (χ1v) is 6.62.